The van der Waals surface area contributed by atoms with Gasteiger partial charge in [-0.15, -0.1) is 22.0 Å². The number of nitrogens with zero attached hydrogens (tertiary/aromatic N) is 4. The van der Waals surface area contributed by atoms with Crippen LogP contribution in [0.4, 0.5) is 13.2 Å². The van der Waals surface area contributed by atoms with Crippen LogP contribution in [0.1, 0.15) is 28.8 Å². The number of alkyl halides is 3. The summed E-state index contributed by atoms with van der Waals surface area (Å²) in [5.41, 5.74) is 1.61. The number of benzene rings is 2. The van der Waals surface area contributed by atoms with E-state index >= 15 is 0 Å². The van der Waals surface area contributed by atoms with Gasteiger partial charge in [0.1, 0.15) is 11.8 Å². The van der Waals surface area contributed by atoms with Crippen LogP contribution in [0.3, 0.4) is 0 Å². The average molecular weight is 520 g/mol. The van der Waals surface area contributed by atoms with Crippen molar-refractivity contribution in [1.82, 2.24) is 25.0 Å². The quantitative estimate of drug-likeness (QED) is 0.491. The van der Waals surface area contributed by atoms with Gasteiger partial charge in [0.05, 0.1) is 19.4 Å². The number of carbonyl (C=O) groups is 2. The van der Waals surface area contributed by atoms with Gasteiger partial charge >= 0.3 is 6.18 Å². The standard InChI is InChI=1S/C24H24F3N5O3S/c1-35-18-9-7-16(8-10-18)14-36-15-20(33)28-21(17-5-3-2-4-6-17)22(34)31-11-12-32-19(13-31)29-30-23(32)24(25,26)27/h2-10,21H,11-15H2,1H3,(H,28,33). The number of aromatic nitrogens is 3. The third-order valence-corrected chi connectivity index (χ3v) is 6.67. The lowest BCUT2D eigenvalue weighted by atomic mass is 10.1. The second-order valence-electron chi connectivity index (χ2n) is 8.10. The van der Waals surface area contributed by atoms with Crippen molar-refractivity contribution in [2.45, 2.75) is 31.1 Å². The van der Waals surface area contributed by atoms with E-state index in [0.717, 1.165) is 15.9 Å². The minimum atomic E-state index is -4.62. The molecule has 0 saturated carbocycles. The highest BCUT2D eigenvalue weighted by Crippen LogP contribution is 2.30. The Balaban J connectivity index is 1.41. The number of hydrogen-bond donors (Lipinski definition) is 1. The molecule has 3 aromatic rings. The van der Waals surface area contributed by atoms with Crippen molar-refractivity contribution in [3.8, 4) is 5.75 Å². The molecule has 1 N–H and O–H groups in total. The van der Waals surface area contributed by atoms with E-state index in [9.17, 15) is 22.8 Å². The summed E-state index contributed by atoms with van der Waals surface area (Å²) in [5, 5.41) is 9.68. The molecule has 12 heteroatoms. The first-order valence-electron chi connectivity index (χ1n) is 11.1. The first-order chi connectivity index (χ1) is 17.3. The largest absolute Gasteiger partial charge is 0.497 e. The maximum absolute atomic E-state index is 13.4. The molecule has 2 aromatic carbocycles. The normalized spacial score (nSPS) is 14.2. The Hall–Kier alpha value is -3.54. The number of methoxy groups -OCH3 is 1. The lowest BCUT2D eigenvalue weighted by Gasteiger charge is -2.31. The van der Waals surface area contributed by atoms with E-state index in [1.54, 1.807) is 37.4 Å². The van der Waals surface area contributed by atoms with Crippen LogP contribution >= 0.6 is 11.8 Å². The highest BCUT2D eigenvalue weighted by atomic mass is 32.2. The van der Waals surface area contributed by atoms with Gasteiger partial charge in [0.2, 0.25) is 17.6 Å². The van der Waals surface area contributed by atoms with Crippen LogP contribution in [0.25, 0.3) is 0 Å². The van der Waals surface area contributed by atoms with Crippen LogP contribution in [0.15, 0.2) is 54.6 Å². The van der Waals surface area contributed by atoms with Gasteiger partial charge in [-0.05, 0) is 23.3 Å². The molecule has 4 rings (SSSR count). The molecule has 1 aliphatic heterocycles. The lowest BCUT2D eigenvalue weighted by molar-refractivity contribution is -0.148. The Kier molecular flexibility index (Phi) is 7.82. The van der Waals surface area contributed by atoms with Gasteiger partial charge in [-0.3, -0.25) is 9.59 Å². The molecule has 8 nitrogen and oxygen atoms in total. The van der Waals surface area contributed by atoms with Gasteiger partial charge in [0.15, 0.2) is 5.82 Å². The highest BCUT2D eigenvalue weighted by Gasteiger charge is 2.40. The van der Waals surface area contributed by atoms with Crippen molar-refractivity contribution in [3.63, 3.8) is 0 Å². The van der Waals surface area contributed by atoms with Crippen molar-refractivity contribution in [3.05, 3.63) is 77.4 Å². The fourth-order valence-corrected chi connectivity index (χ4v) is 4.66. The SMILES string of the molecule is COc1ccc(CSCC(=O)NC(C(=O)N2CCn3c(nnc3C(F)(F)F)C2)c2ccccc2)cc1. The monoisotopic (exact) mass is 519 g/mol. The van der Waals surface area contributed by atoms with Crippen molar-refractivity contribution in [1.29, 1.82) is 0 Å². The first-order valence-corrected chi connectivity index (χ1v) is 12.2. The molecular weight excluding hydrogens is 495 g/mol. The van der Waals surface area contributed by atoms with Crippen molar-refractivity contribution in [2.24, 2.45) is 0 Å². The van der Waals surface area contributed by atoms with E-state index in [4.69, 9.17) is 4.74 Å². The molecule has 1 unspecified atom stereocenters. The number of fused-ring (bicyclic) bond motifs is 1. The summed E-state index contributed by atoms with van der Waals surface area (Å²) in [6.45, 7) is -0.179. The van der Waals surface area contributed by atoms with Gasteiger partial charge in [-0.25, -0.2) is 0 Å². The second kappa shape index (κ2) is 11.0. The molecule has 1 aromatic heterocycles. The molecule has 0 saturated heterocycles. The number of amides is 2. The Morgan fingerprint density at radius 2 is 1.81 bits per heavy atom. The zero-order valence-corrected chi connectivity index (χ0v) is 20.2. The van der Waals surface area contributed by atoms with Gasteiger partial charge in [0, 0.05) is 18.8 Å². The zero-order valence-electron chi connectivity index (χ0n) is 19.4. The number of thioether (sulfide) groups is 1. The Morgan fingerprint density at radius 1 is 1.08 bits per heavy atom. The number of rotatable bonds is 8. The molecule has 2 heterocycles. The van der Waals surface area contributed by atoms with E-state index in [-0.39, 0.29) is 37.1 Å². The minimum absolute atomic E-state index is 0.0401. The highest BCUT2D eigenvalue weighted by molar-refractivity contribution is 7.99. The Labute approximate surface area is 209 Å². The molecule has 36 heavy (non-hydrogen) atoms. The smallest absolute Gasteiger partial charge is 0.451 e. The first kappa shape index (κ1) is 25.5. The van der Waals surface area contributed by atoms with Crippen LogP contribution in [-0.4, -0.2) is 50.9 Å². The third kappa shape index (κ3) is 5.99. The molecule has 0 bridgehead atoms. The molecule has 1 atom stereocenters. The van der Waals surface area contributed by atoms with E-state index < -0.39 is 23.9 Å². The fourth-order valence-electron chi connectivity index (χ4n) is 3.86. The summed E-state index contributed by atoms with van der Waals surface area (Å²) in [4.78, 5) is 27.6. The third-order valence-electron chi connectivity index (χ3n) is 5.66. The number of nitrogens with one attached hydrogen (secondary N) is 1. The molecule has 190 valence electrons. The van der Waals surface area contributed by atoms with Gasteiger partial charge in [-0.1, -0.05) is 42.5 Å². The van der Waals surface area contributed by atoms with Crippen LogP contribution < -0.4 is 10.1 Å². The number of carbonyl (C=O) groups excluding carboxylic acids is 2. The van der Waals surface area contributed by atoms with Crippen molar-refractivity contribution < 1.29 is 27.5 Å². The number of halogens is 3. The maximum atomic E-state index is 13.4. The minimum Gasteiger partial charge on any atom is -0.497 e. The molecular formula is C24H24F3N5O3S. The van der Waals surface area contributed by atoms with Crippen LogP contribution in [-0.2, 0) is 34.6 Å². The topological polar surface area (TPSA) is 89.4 Å². The number of ether oxygens (including phenoxy) is 1. The summed E-state index contributed by atoms with van der Waals surface area (Å²) >= 11 is 1.40. The van der Waals surface area contributed by atoms with Gasteiger partial charge in [0.25, 0.3) is 0 Å². The fraction of sp³-hybridized carbons (Fsp3) is 0.333. The molecule has 0 radical (unpaired) electrons. The summed E-state index contributed by atoms with van der Waals surface area (Å²) in [5.74, 6) is -0.290. The van der Waals surface area contributed by atoms with Gasteiger partial charge < -0.3 is 19.5 Å². The van der Waals surface area contributed by atoms with Crippen LogP contribution in [0.5, 0.6) is 5.75 Å². The zero-order chi connectivity index (χ0) is 25.7. The van der Waals surface area contributed by atoms with Crippen LogP contribution in [0, 0.1) is 0 Å². The predicted molar refractivity (Wildman–Crippen MR) is 127 cm³/mol. The van der Waals surface area contributed by atoms with Crippen molar-refractivity contribution >= 4 is 23.6 Å². The lowest BCUT2D eigenvalue weighted by Crippen LogP contribution is -2.46. The van der Waals surface area contributed by atoms with E-state index in [1.165, 1.54) is 16.7 Å². The van der Waals surface area contributed by atoms with E-state index in [2.05, 4.69) is 15.5 Å². The average Bonchev–Trinajstić information content (AvgIpc) is 3.32. The summed E-state index contributed by atoms with van der Waals surface area (Å²) < 4.78 is 45.6. The predicted octanol–water partition coefficient (Wildman–Crippen LogP) is 3.44. The van der Waals surface area contributed by atoms with E-state index in [1.807, 2.05) is 24.3 Å². The van der Waals surface area contributed by atoms with E-state index in [0.29, 0.717) is 11.3 Å². The number of hydrogen-bond acceptors (Lipinski definition) is 6. The summed E-state index contributed by atoms with van der Waals surface area (Å²) in [7, 11) is 1.59. The molecule has 0 fully saturated rings. The van der Waals surface area contributed by atoms with Crippen LogP contribution in [0.2, 0.25) is 0 Å². The molecule has 2 amide bonds. The molecule has 1 aliphatic rings. The Bertz CT molecular complexity index is 1200. The molecule has 0 aliphatic carbocycles. The second-order valence-corrected chi connectivity index (χ2v) is 9.09. The Morgan fingerprint density at radius 3 is 2.47 bits per heavy atom. The summed E-state index contributed by atoms with van der Waals surface area (Å²) in [6, 6.07) is 15.3. The summed E-state index contributed by atoms with van der Waals surface area (Å²) in [6.07, 6.45) is -4.62. The molecule has 0 spiro atoms. The van der Waals surface area contributed by atoms with Gasteiger partial charge in [-0.2, -0.15) is 13.2 Å². The van der Waals surface area contributed by atoms with Crippen molar-refractivity contribution in [2.75, 3.05) is 19.4 Å². The maximum Gasteiger partial charge on any atom is 0.451 e.